The average molecular weight is 228 g/mol. The van der Waals surface area contributed by atoms with E-state index in [1.165, 1.54) is 6.07 Å². The first-order chi connectivity index (χ1) is 8.28. The van der Waals surface area contributed by atoms with Crippen LogP contribution in [0.15, 0.2) is 42.7 Å². The predicted octanol–water partition coefficient (Wildman–Crippen LogP) is 2.67. The summed E-state index contributed by atoms with van der Waals surface area (Å²) in [6, 6.07) is 10.1. The Morgan fingerprint density at radius 2 is 2.00 bits per heavy atom. The summed E-state index contributed by atoms with van der Waals surface area (Å²) < 4.78 is 18.3. The van der Waals surface area contributed by atoms with E-state index in [9.17, 15) is 4.39 Å². The zero-order chi connectivity index (χ0) is 12.1. The summed E-state index contributed by atoms with van der Waals surface area (Å²) in [6.07, 6.45) is 2.69. The van der Waals surface area contributed by atoms with Crippen LogP contribution < -0.4 is 4.74 Å². The summed E-state index contributed by atoms with van der Waals surface area (Å²) in [5.41, 5.74) is 1.24. The van der Waals surface area contributed by atoms with E-state index in [1.807, 2.05) is 6.07 Å². The number of aromatic nitrogens is 1. The van der Waals surface area contributed by atoms with E-state index in [0.717, 1.165) is 6.20 Å². The molecular weight excluding hydrogens is 219 g/mol. The molecule has 17 heavy (non-hydrogen) atoms. The molecule has 2 rings (SSSR count). The van der Waals surface area contributed by atoms with Crippen LogP contribution in [0.4, 0.5) is 4.39 Å². The predicted molar refractivity (Wildman–Crippen MR) is 59.7 cm³/mol. The number of nitrogens with zero attached hydrogens (tertiary/aromatic N) is 2. The summed E-state index contributed by atoms with van der Waals surface area (Å²) in [6.45, 7) is 0.247. The largest absolute Gasteiger partial charge is 0.489 e. The number of nitriles is 1. The van der Waals surface area contributed by atoms with Crippen molar-refractivity contribution in [2.75, 3.05) is 0 Å². The Kier molecular flexibility index (Phi) is 3.31. The van der Waals surface area contributed by atoms with Crippen LogP contribution in [-0.2, 0) is 6.61 Å². The van der Waals surface area contributed by atoms with Crippen molar-refractivity contribution in [3.63, 3.8) is 0 Å². The monoisotopic (exact) mass is 228 g/mol. The van der Waals surface area contributed by atoms with Gasteiger partial charge in [0.15, 0.2) is 0 Å². The lowest BCUT2D eigenvalue weighted by Crippen LogP contribution is -1.96. The Labute approximate surface area is 98.1 Å². The molecule has 0 saturated heterocycles. The molecule has 1 aromatic heterocycles. The van der Waals surface area contributed by atoms with Gasteiger partial charge in [0.25, 0.3) is 0 Å². The number of rotatable bonds is 3. The van der Waals surface area contributed by atoms with Gasteiger partial charge in [0.2, 0.25) is 0 Å². The molecule has 0 bridgehead atoms. The first-order valence-corrected chi connectivity index (χ1v) is 5.00. The van der Waals surface area contributed by atoms with Crippen LogP contribution in [0.3, 0.4) is 0 Å². The van der Waals surface area contributed by atoms with Crippen LogP contribution >= 0.6 is 0 Å². The highest BCUT2D eigenvalue weighted by atomic mass is 19.1. The third-order valence-corrected chi connectivity index (χ3v) is 2.15. The molecule has 0 radical (unpaired) electrons. The molecule has 0 spiro atoms. The van der Waals surface area contributed by atoms with Crippen molar-refractivity contribution in [1.82, 2.24) is 4.98 Å². The van der Waals surface area contributed by atoms with Crippen molar-refractivity contribution in [2.24, 2.45) is 0 Å². The van der Waals surface area contributed by atoms with Crippen molar-refractivity contribution in [3.8, 4) is 11.8 Å². The Morgan fingerprint density at radius 3 is 2.65 bits per heavy atom. The number of halogens is 1. The SMILES string of the molecule is N#Cc1ccc(OCc2cncc(F)c2)cc1. The fourth-order valence-electron chi connectivity index (χ4n) is 1.33. The van der Waals surface area contributed by atoms with Gasteiger partial charge >= 0.3 is 0 Å². The van der Waals surface area contributed by atoms with Gasteiger partial charge in [0, 0.05) is 11.8 Å². The Bertz CT molecular complexity index is 546. The number of ether oxygens (including phenoxy) is 1. The van der Waals surface area contributed by atoms with Gasteiger partial charge in [0.1, 0.15) is 18.2 Å². The summed E-state index contributed by atoms with van der Waals surface area (Å²) >= 11 is 0. The smallest absolute Gasteiger partial charge is 0.141 e. The van der Waals surface area contributed by atoms with Crippen molar-refractivity contribution >= 4 is 0 Å². The summed E-state index contributed by atoms with van der Waals surface area (Å²) in [4.78, 5) is 3.73. The molecule has 0 aliphatic heterocycles. The Morgan fingerprint density at radius 1 is 1.24 bits per heavy atom. The molecule has 84 valence electrons. The number of pyridine rings is 1. The van der Waals surface area contributed by atoms with Crippen molar-refractivity contribution in [1.29, 1.82) is 5.26 Å². The van der Waals surface area contributed by atoms with Crippen LogP contribution in [0.1, 0.15) is 11.1 Å². The van der Waals surface area contributed by atoms with E-state index in [1.54, 1.807) is 30.5 Å². The van der Waals surface area contributed by atoms with E-state index < -0.39 is 0 Å². The molecule has 0 amide bonds. The molecule has 0 fully saturated rings. The third-order valence-electron chi connectivity index (χ3n) is 2.15. The quantitative estimate of drug-likeness (QED) is 0.811. The maximum atomic E-state index is 12.8. The summed E-state index contributed by atoms with van der Waals surface area (Å²) in [7, 11) is 0. The second-order valence-electron chi connectivity index (χ2n) is 3.44. The number of hydrogen-bond donors (Lipinski definition) is 0. The molecule has 0 aliphatic rings. The minimum atomic E-state index is -0.383. The van der Waals surface area contributed by atoms with Crippen molar-refractivity contribution in [2.45, 2.75) is 6.61 Å². The van der Waals surface area contributed by atoms with Gasteiger partial charge in [-0.25, -0.2) is 4.39 Å². The molecule has 3 nitrogen and oxygen atoms in total. The van der Waals surface area contributed by atoms with E-state index in [-0.39, 0.29) is 12.4 Å². The zero-order valence-corrected chi connectivity index (χ0v) is 8.93. The molecule has 2 aromatic rings. The molecule has 0 N–H and O–H groups in total. The highest BCUT2D eigenvalue weighted by Crippen LogP contribution is 2.13. The Hall–Kier alpha value is -2.41. The van der Waals surface area contributed by atoms with Crippen molar-refractivity contribution in [3.05, 3.63) is 59.7 Å². The minimum absolute atomic E-state index is 0.247. The molecule has 0 aliphatic carbocycles. The molecule has 4 heteroatoms. The lowest BCUT2D eigenvalue weighted by molar-refractivity contribution is 0.305. The van der Waals surface area contributed by atoms with Gasteiger partial charge in [-0.2, -0.15) is 5.26 Å². The van der Waals surface area contributed by atoms with E-state index in [4.69, 9.17) is 10.00 Å². The van der Waals surface area contributed by atoms with Gasteiger partial charge in [-0.1, -0.05) is 0 Å². The second kappa shape index (κ2) is 5.08. The first kappa shape index (κ1) is 11.1. The van der Waals surface area contributed by atoms with Gasteiger partial charge in [0.05, 0.1) is 17.8 Å². The zero-order valence-electron chi connectivity index (χ0n) is 8.93. The summed E-state index contributed by atoms with van der Waals surface area (Å²) in [5, 5.41) is 8.63. The van der Waals surface area contributed by atoms with E-state index in [0.29, 0.717) is 16.9 Å². The number of hydrogen-bond acceptors (Lipinski definition) is 3. The van der Waals surface area contributed by atoms with E-state index >= 15 is 0 Å². The van der Waals surface area contributed by atoms with Crippen LogP contribution in [0.2, 0.25) is 0 Å². The lowest BCUT2D eigenvalue weighted by Gasteiger charge is -2.05. The van der Waals surface area contributed by atoms with Crippen LogP contribution in [0.25, 0.3) is 0 Å². The minimum Gasteiger partial charge on any atom is -0.489 e. The molecule has 1 aromatic carbocycles. The molecule has 0 atom stereocenters. The van der Waals surface area contributed by atoms with E-state index in [2.05, 4.69) is 4.98 Å². The maximum Gasteiger partial charge on any atom is 0.141 e. The van der Waals surface area contributed by atoms with Crippen LogP contribution in [0, 0.1) is 17.1 Å². The summed E-state index contributed by atoms with van der Waals surface area (Å²) in [5.74, 6) is 0.249. The number of benzene rings is 1. The van der Waals surface area contributed by atoms with Gasteiger partial charge < -0.3 is 4.74 Å². The van der Waals surface area contributed by atoms with Gasteiger partial charge in [-0.05, 0) is 30.3 Å². The van der Waals surface area contributed by atoms with Gasteiger partial charge in [-0.15, -0.1) is 0 Å². The van der Waals surface area contributed by atoms with Crippen LogP contribution in [-0.4, -0.2) is 4.98 Å². The lowest BCUT2D eigenvalue weighted by atomic mass is 10.2. The standard InChI is InChI=1S/C13H9FN2O/c14-12-5-11(7-16-8-12)9-17-13-3-1-10(6-15)2-4-13/h1-5,7-8H,9H2. The fourth-order valence-corrected chi connectivity index (χ4v) is 1.33. The van der Waals surface area contributed by atoms with Gasteiger partial charge in [-0.3, -0.25) is 4.98 Å². The topological polar surface area (TPSA) is 45.9 Å². The normalized spacial score (nSPS) is 9.65. The second-order valence-corrected chi connectivity index (χ2v) is 3.44. The Balaban J connectivity index is 2.00. The average Bonchev–Trinajstić information content (AvgIpc) is 2.37. The maximum absolute atomic E-state index is 12.8. The first-order valence-electron chi connectivity index (χ1n) is 5.00. The molecule has 0 saturated carbocycles. The van der Waals surface area contributed by atoms with Crippen LogP contribution in [0.5, 0.6) is 5.75 Å². The van der Waals surface area contributed by atoms with Crippen molar-refractivity contribution < 1.29 is 9.13 Å². The molecule has 1 heterocycles. The molecule has 0 unspecified atom stereocenters. The molecular formula is C13H9FN2O. The third kappa shape index (κ3) is 3.02. The highest BCUT2D eigenvalue weighted by Gasteiger charge is 1.98. The fraction of sp³-hybridized carbons (Fsp3) is 0.0769. The highest BCUT2D eigenvalue weighted by molar-refractivity contribution is 5.34.